The van der Waals surface area contributed by atoms with Crippen molar-refractivity contribution in [2.75, 3.05) is 25.1 Å². The summed E-state index contributed by atoms with van der Waals surface area (Å²) < 4.78 is 43.2. The van der Waals surface area contributed by atoms with Crippen molar-refractivity contribution in [2.24, 2.45) is 11.1 Å². The van der Waals surface area contributed by atoms with Crippen LogP contribution in [0, 0.1) is 5.41 Å². The molecule has 9 nitrogen and oxygen atoms in total. The number of ether oxygens (including phenoxy) is 1. The van der Waals surface area contributed by atoms with Crippen molar-refractivity contribution in [1.82, 2.24) is 10.2 Å². The minimum absolute atomic E-state index is 0.0791. The van der Waals surface area contributed by atoms with Gasteiger partial charge in [-0.15, -0.1) is 0 Å². The molecular weight excluding hydrogens is 656 g/mol. The minimum atomic E-state index is -4.52. The smallest absolute Gasteiger partial charge is 0.416 e. The maximum atomic E-state index is 13.5. The number of amides is 3. The lowest BCUT2D eigenvalue weighted by atomic mass is 9.78. The van der Waals surface area contributed by atoms with Crippen LogP contribution >= 0.6 is 34.2 Å². The van der Waals surface area contributed by atoms with Crippen LogP contribution in [0.5, 0.6) is 0 Å². The van der Waals surface area contributed by atoms with E-state index in [1.807, 2.05) is 22.6 Å². The number of rotatable bonds is 8. The van der Waals surface area contributed by atoms with Gasteiger partial charge in [0.2, 0.25) is 11.8 Å². The SMILES string of the molecule is NC(CO)C(=O)N1CCC(COC(=O)Nc2ccc(C(F)(F)F)cc2)(C(=O)NCc2ccccc2Cl)CC1I. The second-order valence-corrected chi connectivity index (χ2v) is 10.9. The predicted molar refractivity (Wildman–Crippen MR) is 146 cm³/mol. The molecule has 3 amide bonds. The molecule has 2 aromatic rings. The highest BCUT2D eigenvalue weighted by Crippen LogP contribution is 2.39. The van der Waals surface area contributed by atoms with Crippen molar-refractivity contribution >= 4 is 57.8 Å². The lowest BCUT2D eigenvalue weighted by Gasteiger charge is -2.43. The molecule has 0 aromatic heterocycles. The average molecular weight is 683 g/mol. The van der Waals surface area contributed by atoms with Gasteiger partial charge >= 0.3 is 12.3 Å². The fraction of sp³-hybridized carbons (Fsp3) is 0.400. The van der Waals surface area contributed by atoms with E-state index in [0.717, 1.165) is 24.3 Å². The number of piperidine rings is 1. The molecule has 1 fully saturated rings. The van der Waals surface area contributed by atoms with Crippen LogP contribution in [-0.4, -0.2) is 57.8 Å². The third-order valence-corrected chi connectivity index (χ3v) is 7.82. The average Bonchev–Trinajstić information content (AvgIpc) is 2.90. The molecule has 39 heavy (non-hydrogen) atoms. The Hall–Kier alpha value is -2.62. The number of nitrogens with one attached hydrogen (secondary N) is 2. The summed E-state index contributed by atoms with van der Waals surface area (Å²) in [4.78, 5) is 40.0. The van der Waals surface area contributed by atoms with Gasteiger partial charge in [-0.05, 0) is 48.7 Å². The zero-order chi connectivity index (χ0) is 28.8. The van der Waals surface area contributed by atoms with E-state index in [0.29, 0.717) is 10.6 Å². The maximum absolute atomic E-state index is 13.5. The molecule has 0 radical (unpaired) electrons. The highest BCUT2D eigenvalue weighted by atomic mass is 127. The molecule has 1 aliphatic rings. The van der Waals surface area contributed by atoms with E-state index in [-0.39, 0.29) is 38.2 Å². The van der Waals surface area contributed by atoms with Gasteiger partial charge < -0.3 is 25.8 Å². The van der Waals surface area contributed by atoms with E-state index in [4.69, 9.17) is 22.1 Å². The zero-order valence-corrected chi connectivity index (χ0v) is 23.4. The molecular formula is C25H27ClF3IN4O5. The maximum Gasteiger partial charge on any atom is 0.416 e. The first-order valence-corrected chi connectivity index (χ1v) is 13.4. The van der Waals surface area contributed by atoms with Crippen molar-refractivity contribution in [3.05, 3.63) is 64.7 Å². The van der Waals surface area contributed by atoms with Gasteiger partial charge in [0, 0.05) is 23.8 Å². The van der Waals surface area contributed by atoms with Crippen LogP contribution in [0.3, 0.4) is 0 Å². The molecule has 3 rings (SSSR count). The van der Waals surface area contributed by atoms with E-state index >= 15 is 0 Å². The van der Waals surface area contributed by atoms with Crippen molar-refractivity contribution in [2.45, 2.75) is 35.7 Å². The molecule has 5 N–H and O–H groups in total. The van der Waals surface area contributed by atoms with Crippen molar-refractivity contribution in [3.63, 3.8) is 0 Å². The number of benzene rings is 2. The van der Waals surface area contributed by atoms with E-state index in [1.165, 1.54) is 4.90 Å². The summed E-state index contributed by atoms with van der Waals surface area (Å²) in [7, 11) is 0. The third-order valence-electron chi connectivity index (χ3n) is 6.34. The number of nitrogens with two attached hydrogens (primary N) is 1. The van der Waals surface area contributed by atoms with Crippen LogP contribution in [0.25, 0.3) is 0 Å². The van der Waals surface area contributed by atoms with Crippen molar-refractivity contribution < 1.29 is 37.4 Å². The number of anilines is 1. The molecule has 0 spiro atoms. The first kappa shape index (κ1) is 30.9. The quantitative estimate of drug-likeness (QED) is 0.190. The summed E-state index contributed by atoms with van der Waals surface area (Å²) >= 11 is 8.19. The third kappa shape index (κ3) is 7.96. The Bertz CT molecular complexity index is 1190. The minimum Gasteiger partial charge on any atom is -0.448 e. The van der Waals surface area contributed by atoms with Gasteiger partial charge in [-0.2, -0.15) is 13.2 Å². The number of carbonyl (C=O) groups is 3. The molecule has 3 unspecified atom stereocenters. The molecule has 14 heteroatoms. The normalized spacial score (nSPS) is 20.2. The number of nitrogens with zero attached hydrogens (tertiary/aromatic N) is 1. The molecule has 1 heterocycles. The molecule has 0 saturated carbocycles. The molecule has 1 saturated heterocycles. The van der Waals surface area contributed by atoms with Gasteiger partial charge in [0.15, 0.2) is 0 Å². The fourth-order valence-corrected chi connectivity index (χ4v) is 5.65. The van der Waals surface area contributed by atoms with Crippen LogP contribution in [0.1, 0.15) is 24.0 Å². The van der Waals surface area contributed by atoms with E-state index < -0.39 is 51.8 Å². The Morgan fingerprint density at radius 1 is 1.21 bits per heavy atom. The summed E-state index contributed by atoms with van der Waals surface area (Å²) in [6, 6.07) is 9.68. The van der Waals surface area contributed by atoms with Gasteiger partial charge in [-0.1, -0.05) is 52.4 Å². The van der Waals surface area contributed by atoms with Crippen LogP contribution in [-0.2, 0) is 27.0 Å². The number of aliphatic hydroxyl groups excluding tert-OH is 1. The van der Waals surface area contributed by atoms with E-state index in [2.05, 4.69) is 10.6 Å². The van der Waals surface area contributed by atoms with Crippen LogP contribution < -0.4 is 16.4 Å². The summed E-state index contributed by atoms with van der Waals surface area (Å²) in [5, 5.41) is 14.9. The highest BCUT2D eigenvalue weighted by Gasteiger charge is 2.47. The molecule has 2 aromatic carbocycles. The molecule has 1 aliphatic heterocycles. The summed E-state index contributed by atoms with van der Waals surface area (Å²) in [5.41, 5.74) is 4.35. The monoisotopic (exact) mass is 682 g/mol. The summed E-state index contributed by atoms with van der Waals surface area (Å²) in [6.45, 7) is -0.664. The van der Waals surface area contributed by atoms with Crippen molar-refractivity contribution in [1.29, 1.82) is 0 Å². The summed E-state index contributed by atoms with van der Waals surface area (Å²) in [5.74, 6) is -0.895. The molecule has 0 bridgehead atoms. The first-order valence-electron chi connectivity index (χ1n) is 11.8. The number of hydrogen-bond acceptors (Lipinski definition) is 6. The highest BCUT2D eigenvalue weighted by molar-refractivity contribution is 14.1. The molecule has 212 valence electrons. The second kappa shape index (κ2) is 13.2. The number of likely N-dealkylation sites (tertiary alicyclic amines) is 1. The van der Waals surface area contributed by atoms with E-state index in [1.54, 1.807) is 24.3 Å². The first-order chi connectivity index (χ1) is 18.4. The predicted octanol–water partition coefficient (Wildman–Crippen LogP) is 3.91. The zero-order valence-electron chi connectivity index (χ0n) is 20.5. The number of halogens is 5. The summed E-state index contributed by atoms with van der Waals surface area (Å²) in [6.07, 6.45) is -5.24. The van der Waals surface area contributed by atoms with Gasteiger partial charge in [-0.25, -0.2) is 4.79 Å². The van der Waals surface area contributed by atoms with Crippen molar-refractivity contribution in [3.8, 4) is 0 Å². The number of alkyl halides is 4. The molecule has 0 aliphatic carbocycles. The number of aliphatic hydroxyl groups is 1. The Balaban J connectivity index is 1.72. The van der Waals surface area contributed by atoms with Gasteiger partial charge in [0.05, 0.1) is 21.6 Å². The Kier molecular flexibility index (Phi) is 10.4. The number of hydrogen-bond donors (Lipinski definition) is 4. The lowest BCUT2D eigenvalue weighted by molar-refractivity contribution is -0.144. The Morgan fingerprint density at radius 3 is 2.46 bits per heavy atom. The largest absolute Gasteiger partial charge is 0.448 e. The topological polar surface area (TPSA) is 134 Å². The Labute approximate surface area is 241 Å². The van der Waals surface area contributed by atoms with Crippen LogP contribution in [0.2, 0.25) is 5.02 Å². The standard InChI is InChI=1S/C25H27ClF3IN4O5/c26-18-4-2-1-3-15(18)12-32-22(37)24(9-10-34(20(30)11-24)21(36)19(31)13-35)14-39-23(38)33-17-7-5-16(6-8-17)25(27,28)29/h1-8,19-20,35H,9-14,31H2,(H,32,37)(H,33,38). The Morgan fingerprint density at radius 2 is 1.87 bits per heavy atom. The fourth-order valence-electron chi connectivity index (χ4n) is 4.06. The number of carbonyl (C=O) groups excluding carboxylic acids is 3. The molecule has 3 atom stereocenters. The lowest BCUT2D eigenvalue weighted by Crippen LogP contribution is -2.57. The van der Waals surface area contributed by atoms with Crippen LogP contribution in [0.4, 0.5) is 23.7 Å². The van der Waals surface area contributed by atoms with Gasteiger partial charge in [0.1, 0.15) is 12.6 Å². The van der Waals surface area contributed by atoms with Gasteiger partial charge in [0.25, 0.3) is 0 Å². The van der Waals surface area contributed by atoms with E-state index in [9.17, 15) is 32.7 Å². The van der Waals surface area contributed by atoms with Gasteiger partial charge in [-0.3, -0.25) is 14.9 Å². The van der Waals surface area contributed by atoms with Crippen LogP contribution in [0.15, 0.2) is 48.5 Å². The second-order valence-electron chi connectivity index (χ2n) is 9.04.